The molecular weight excluding hydrogens is 257 g/mol. The predicted octanol–water partition coefficient (Wildman–Crippen LogP) is 3.52. The largest absolute Gasteiger partial charge is 0.373 e. The minimum Gasteiger partial charge on any atom is -0.373 e. The fraction of sp³-hybridized carbons (Fsp3) is 0.167. The zero-order valence-electron chi connectivity index (χ0n) is 9.48. The molecular formula is C12H11Cl2N3. The van der Waals surface area contributed by atoms with E-state index in [9.17, 15) is 0 Å². The van der Waals surface area contributed by atoms with Crippen molar-refractivity contribution in [3.05, 3.63) is 40.6 Å². The smallest absolute Gasteiger partial charge is 0.162 e. The average Bonchev–Trinajstić information content (AvgIpc) is 2.28. The second-order valence-corrected chi connectivity index (χ2v) is 4.45. The van der Waals surface area contributed by atoms with Crippen LogP contribution in [0.2, 0.25) is 10.3 Å². The maximum Gasteiger partial charge on any atom is 0.162 e. The number of nitrogens with zero attached hydrogens (tertiary/aromatic N) is 3. The average molecular weight is 268 g/mol. The van der Waals surface area contributed by atoms with Crippen LogP contribution in [0.15, 0.2) is 30.3 Å². The maximum absolute atomic E-state index is 6.10. The second-order valence-electron chi connectivity index (χ2n) is 3.74. The van der Waals surface area contributed by atoms with Crippen molar-refractivity contribution in [2.24, 2.45) is 0 Å². The Balaban J connectivity index is 2.53. The van der Waals surface area contributed by atoms with Crippen LogP contribution >= 0.6 is 23.2 Å². The van der Waals surface area contributed by atoms with Gasteiger partial charge in [0.25, 0.3) is 0 Å². The maximum atomic E-state index is 6.10. The number of aromatic nitrogens is 2. The van der Waals surface area contributed by atoms with E-state index in [0.29, 0.717) is 21.8 Å². The Morgan fingerprint density at radius 2 is 1.47 bits per heavy atom. The third-order valence-corrected chi connectivity index (χ3v) is 2.81. The molecule has 1 heterocycles. The predicted molar refractivity (Wildman–Crippen MR) is 71.8 cm³/mol. The molecule has 0 unspecified atom stereocenters. The molecule has 0 N–H and O–H groups in total. The Morgan fingerprint density at radius 3 is 1.94 bits per heavy atom. The summed E-state index contributed by atoms with van der Waals surface area (Å²) in [5, 5.41) is 0.711. The van der Waals surface area contributed by atoms with Gasteiger partial charge in [0.1, 0.15) is 5.69 Å². The summed E-state index contributed by atoms with van der Waals surface area (Å²) < 4.78 is 0. The highest BCUT2D eigenvalue weighted by atomic mass is 35.5. The van der Waals surface area contributed by atoms with E-state index in [4.69, 9.17) is 23.2 Å². The van der Waals surface area contributed by atoms with Crippen LogP contribution in [-0.2, 0) is 0 Å². The zero-order chi connectivity index (χ0) is 12.4. The lowest BCUT2D eigenvalue weighted by Gasteiger charge is -2.15. The van der Waals surface area contributed by atoms with E-state index in [2.05, 4.69) is 9.97 Å². The first-order chi connectivity index (χ1) is 8.09. The topological polar surface area (TPSA) is 29.0 Å². The molecule has 0 radical (unpaired) electrons. The van der Waals surface area contributed by atoms with Crippen LogP contribution in [0.1, 0.15) is 0 Å². The number of halogens is 2. The van der Waals surface area contributed by atoms with Crippen molar-refractivity contribution >= 4 is 28.9 Å². The van der Waals surface area contributed by atoms with Crippen LogP contribution < -0.4 is 4.90 Å². The van der Waals surface area contributed by atoms with Crippen molar-refractivity contribution in [2.75, 3.05) is 19.0 Å². The summed E-state index contributed by atoms with van der Waals surface area (Å²) in [6.07, 6.45) is 0. The van der Waals surface area contributed by atoms with Crippen molar-refractivity contribution in [1.82, 2.24) is 9.97 Å². The van der Waals surface area contributed by atoms with Crippen LogP contribution in [0.4, 0.5) is 5.69 Å². The zero-order valence-corrected chi connectivity index (χ0v) is 11.0. The first-order valence-electron chi connectivity index (χ1n) is 5.05. The lowest BCUT2D eigenvalue weighted by atomic mass is 10.2. The summed E-state index contributed by atoms with van der Waals surface area (Å²) in [6.45, 7) is 0. The molecule has 0 aliphatic rings. The Kier molecular flexibility index (Phi) is 3.50. The van der Waals surface area contributed by atoms with E-state index < -0.39 is 0 Å². The normalized spacial score (nSPS) is 10.4. The van der Waals surface area contributed by atoms with Crippen molar-refractivity contribution in [1.29, 1.82) is 0 Å². The summed E-state index contributed by atoms with van der Waals surface area (Å²) >= 11 is 12.2. The molecule has 17 heavy (non-hydrogen) atoms. The van der Waals surface area contributed by atoms with Gasteiger partial charge in [-0.1, -0.05) is 53.5 Å². The Hall–Kier alpha value is -1.32. The van der Waals surface area contributed by atoms with Crippen molar-refractivity contribution in [3.63, 3.8) is 0 Å². The van der Waals surface area contributed by atoms with E-state index in [1.807, 2.05) is 44.4 Å². The van der Waals surface area contributed by atoms with E-state index in [1.165, 1.54) is 0 Å². The third kappa shape index (κ3) is 2.51. The molecule has 0 bridgehead atoms. The van der Waals surface area contributed by atoms with Crippen molar-refractivity contribution < 1.29 is 0 Å². The van der Waals surface area contributed by atoms with Gasteiger partial charge in [-0.2, -0.15) is 0 Å². The van der Waals surface area contributed by atoms with Gasteiger partial charge in [-0.15, -0.1) is 0 Å². The minimum atomic E-state index is 0.355. The van der Waals surface area contributed by atoms with Crippen LogP contribution in [-0.4, -0.2) is 24.1 Å². The fourth-order valence-corrected chi connectivity index (χ4v) is 2.21. The van der Waals surface area contributed by atoms with Crippen LogP contribution in [0, 0.1) is 0 Å². The Bertz CT molecular complexity index is 504. The lowest BCUT2D eigenvalue weighted by Crippen LogP contribution is -2.11. The first kappa shape index (κ1) is 12.1. The highest BCUT2D eigenvalue weighted by Gasteiger charge is 2.13. The van der Waals surface area contributed by atoms with E-state index in [0.717, 1.165) is 5.56 Å². The van der Waals surface area contributed by atoms with Gasteiger partial charge in [0.2, 0.25) is 0 Å². The summed E-state index contributed by atoms with van der Waals surface area (Å²) in [5.41, 5.74) is 1.52. The lowest BCUT2D eigenvalue weighted by molar-refractivity contribution is 1.07. The molecule has 0 spiro atoms. The van der Waals surface area contributed by atoms with E-state index in [-0.39, 0.29) is 0 Å². The summed E-state index contributed by atoms with van der Waals surface area (Å²) in [4.78, 5) is 10.3. The van der Waals surface area contributed by atoms with Gasteiger partial charge in [-0.05, 0) is 0 Å². The molecule has 1 aromatic heterocycles. The van der Waals surface area contributed by atoms with Gasteiger partial charge in [0, 0.05) is 19.7 Å². The van der Waals surface area contributed by atoms with Gasteiger partial charge < -0.3 is 4.90 Å². The molecule has 0 fully saturated rings. The van der Waals surface area contributed by atoms with Crippen LogP contribution in [0.5, 0.6) is 0 Å². The molecule has 2 rings (SSSR count). The van der Waals surface area contributed by atoms with E-state index >= 15 is 0 Å². The minimum absolute atomic E-state index is 0.355. The van der Waals surface area contributed by atoms with Gasteiger partial charge in [-0.25, -0.2) is 9.97 Å². The van der Waals surface area contributed by atoms with Gasteiger partial charge in [-0.3, -0.25) is 0 Å². The molecule has 0 aliphatic heterocycles. The van der Waals surface area contributed by atoms with Gasteiger partial charge >= 0.3 is 0 Å². The van der Waals surface area contributed by atoms with Gasteiger partial charge in [0.15, 0.2) is 16.1 Å². The van der Waals surface area contributed by atoms with Crippen molar-refractivity contribution in [3.8, 4) is 11.4 Å². The standard InChI is InChI=1S/C12H11Cl2N3/c1-17(2)9-10(13)15-12(16-11(9)14)8-6-4-3-5-7-8/h3-7H,1-2H3. The van der Waals surface area contributed by atoms with Crippen LogP contribution in [0.3, 0.4) is 0 Å². The fourth-order valence-electron chi connectivity index (χ4n) is 1.49. The monoisotopic (exact) mass is 267 g/mol. The summed E-state index contributed by atoms with van der Waals surface area (Å²) in [5.74, 6) is 0.534. The molecule has 0 atom stereocenters. The summed E-state index contributed by atoms with van der Waals surface area (Å²) in [7, 11) is 3.69. The molecule has 0 aliphatic carbocycles. The second kappa shape index (κ2) is 4.90. The molecule has 3 nitrogen and oxygen atoms in total. The first-order valence-corrected chi connectivity index (χ1v) is 5.81. The number of anilines is 1. The van der Waals surface area contributed by atoms with Crippen molar-refractivity contribution in [2.45, 2.75) is 0 Å². The highest BCUT2D eigenvalue weighted by Crippen LogP contribution is 2.31. The number of hydrogen-bond donors (Lipinski definition) is 0. The number of hydrogen-bond acceptors (Lipinski definition) is 3. The number of benzene rings is 1. The highest BCUT2D eigenvalue weighted by molar-refractivity contribution is 6.37. The SMILES string of the molecule is CN(C)c1c(Cl)nc(-c2ccccc2)nc1Cl. The Morgan fingerprint density at radius 1 is 0.941 bits per heavy atom. The third-order valence-electron chi connectivity index (χ3n) is 2.28. The molecule has 0 amide bonds. The number of rotatable bonds is 2. The molecule has 0 saturated heterocycles. The molecule has 88 valence electrons. The van der Waals surface area contributed by atoms with Crippen LogP contribution in [0.25, 0.3) is 11.4 Å². The van der Waals surface area contributed by atoms with E-state index in [1.54, 1.807) is 4.90 Å². The molecule has 0 saturated carbocycles. The summed E-state index contributed by atoms with van der Waals surface area (Å²) in [6, 6.07) is 9.59. The molecule has 1 aromatic carbocycles. The van der Waals surface area contributed by atoms with Gasteiger partial charge in [0.05, 0.1) is 0 Å². The quantitative estimate of drug-likeness (QED) is 0.780. The molecule has 2 aromatic rings. The Labute approximate surface area is 110 Å². The molecule has 5 heteroatoms.